The lowest BCUT2D eigenvalue weighted by Gasteiger charge is -2.12. The molecule has 0 radical (unpaired) electrons. The van der Waals surface area contributed by atoms with Gasteiger partial charge in [-0.05, 0) is 45.3 Å². The minimum Gasteiger partial charge on any atom is -0.494 e. The van der Waals surface area contributed by atoms with Gasteiger partial charge in [0.25, 0.3) is 0 Å². The van der Waals surface area contributed by atoms with Gasteiger partial charge in [-0.3, -0.25) is 0 Å². The van der Waals surface area contributed by atoms with Gasteiger partial charge in [-0.25, -0.2) is 4.79 Å². The van der Waals surface area contributed by atoms with Crippen molar-refractivity contribution in [1.29, 1.82) is 0 Å². The third kappa shape index (κ3) is 6.84. The Morgan fingerprint density at radius 1 is 1.10 bits per heavy atom. The molecule has 0 aromatic heterocycles. The first-order valence-electron chi connectivity index (χ1n) is 6.64. The molecule has 2 amide bonds. The Kier molecular flexibility index (Phi) is 7.27. The Labute approximate surface area is 120 Å². The molecule has 0 bridgehead atoms. The summed E-state index contributed by atoms with van der Waals surface area (Å²) in [6.45, 7) is 4.09. The summed E-state index contributed by atoms with van der Waals surface area (Å²) in [6.07, 6.45) is 0. The standard InChI is InChI=1S/C14H23N3O3/c1-4-19-12-5-7-13(8-6-12)20-11-16-14(18)15-9-10-17(2)3/h5-8H,4,9-11H2,1-3H3,(H2,15,16,18). The quantitative estimate of drug-likeness (QED) is 0.705. The Balaban J connectivity index is 2.18. The molecule has 1 aromatic rings. The average molecular weight is 281 g/mol. The summed E-state index contributed by atoms with van der Waals surface area (Å²) in [5.41, 5.74) is 0. The van der Waals surface area contributed by atoms with E-state index in [2.05, 4.69) is 10.6 Å². The number of amides is 2. The van der Waals surface area contributed by atoms with Gasteiger partial charge in [-0.2, -0.15) is 0 Å². The number of nitrogens with one attached hydrogen (secondary N) is 2. The predicted molar refractivity (Wildman–Crippen MR) is 78.2 cm³/mol. The average Bonchev–Trinajstić information content (AvgIpc) is 2.40. The lowest BCUT2D eigenvalue weighted by molar-refractivity contribution is 0.223. The number of urea groups is 1. The highest BCUT2D eigenvalue weighted by molar-refractivity contribution is 5.73. The molecule has 1 aromatic carbocycles. The number of benzene rings is 1. The second-order valence-electron chi connectivity index (χ2n) is 4.43. The van der Waals surface area contributed by atoms with Crippen LogP contribution in [-0.2, 0) is 0 Å². The number of ether oxygens (including phenoxy) is 2. The van der Waals surface area contributed by atoms with Crippen molar-refractivity contribution < 1.29 is 14.3 Å². The Morgan fingerprint density at radius 2 is 1.70 bits per heavy atom. The van der Waals surface area contributed by atoms with Gasteiger partial charge >= 0.3 is 6.03 Å². The third-order valence-electron chi connectivity index (χ3n) is 2.45. The lowest BCUT2D eigenvalue weighted by Crippen LogP contribution is -2.40. The molecular weight excluding hydrogens is 258 g/mol. The van der Waals surface area contributed by atoms with Gasteiger partial charge in [-0.1, -0.05) is 0 Å². The molecule has 2 N–H and O–H groups in total. The topological polar surface area (TPSA) is 62.8 Å². The number of carbonyl (C=O) groups is 1. The maximum Gasteiger partial charge on any atom is 0.317 e. The number of rotatable bonds is 8. The molecule has 112 valence electrons. The molecule has 0 saturated heterocycles. The van der Waals surface area contributed by atoms with Crippen LogP contribution < -0.4 is 20.1 Å². The first-order valence-corrected chi connectivity index (χ1v) is 6.64. The van der Waals surface area contributed by atoms with E-state index in [-0.39, 0.29) is 12.8 Å². The van der Waals surface area contributed by atoms with Crippen LogP contribution in [0.4, 0.5) is 4.79 Å². The molecule has 0 unspecified atom stereocenters. The van der Waals surface area contributed by atoms with Crippen LogP contribution in [0.25, 0.3) is 0 Å². The van der Waals surface area contributed by atoms with Crippen molar-refractivity contribution >= 4 is 6.03 Å². The second-order valence-corrected chi connectivity index (χ2v) is 4.43. The van der Waals surface area contributed by atoms with E-state index in [1.165, 1.54) is 0 Å². The highest BCUT2D eigenvalue weighted by Gasteiger charge is 2.00. The summed E-state index contributed by atoms with van der Waals surface area (Å²) in [5, 5.41) is 5.36. The first kappa shape index (κ1) is 16.1. The van der Waals surface area contributed by atoms with Crippen LogP contribution in [0.2, 0.25) is 0 Å². The smallest absolute Gasteiger partial charge is 0.317 e. The Bertz CT molecular complexity index is 393. The van der Waals surface area contributed by atoms with Gasteiger partial charge in [0.2, 0.25) is 0 Å². The van der Waals surface area contributed by atoms with Crippen LogP contribution in [0.1, 0.15) is 6.92 Å². The van der Waals surface area contributed by atoms with Gasteiger partial charge < -0.3 is 25.0 Å². The number of nitrogens with zero attached hydrogens (tertiary/aromatic N) is 1. The number of likely N-dealkylation sites (N-methyl/N-ethyl adjacent to an activating group) is 1. The van der Waals surface area contributed by atoms with Gasteiger partial charge in [-0.15, -0.1) is 0 Å². The third-order valence-corrected chi connectivity index (χ3v) is 2.45. The van der Waals surface area contributed by atoms with Crippen LogP contribution in [0.5, 0.6) is 11.5 Å². The molecule has 0 spiro atoms. The Morgan fingerprint density at radius 3 is 2.25 bits per heavy atom. The summed E-state index contributed by atoms with van der Waals surface area (Å²) in [6, 6.07) is 7.02. The van der Waals surface area contributed by atoms with Crippen molar-refractivity contribution in [2.24, 2.45) is 0 Å². The molecule has 0 aliphatic carbocycles. The zero-order chi connectivity index (χ0) is 14.8. The maximum atomic E-state index is 11.4. The Hall–Kier alpha value is -1.95. The molecule has 20 heavy (non-hydrogen) atoms. The highest BCUT2D eigenvalue weighted by Crippen LogP contribution is 2.16. The largest absolute Gasteiger partial charge is 0.494 e. The van der Waals surface area contributed by atoms with E-state index in [4.69, 9.17) is 9.47 Å². The number of carbonyl (C=O) groups excluding carboxylic acids is 1. The van der Waals surface area contributed by atoms with Crippen molar-refractivity contribution in [1.82, 2.24) is 15.5 Å². The fourth-order valence-corrected chi connectivity index (χ4v) is 1.44. The summed E-state index contributed by atoms with van der Waals surface area (Å²) in [7, 11) is 3.91. The van der Waals surface area contributed by atoms with Crippen molar-refractivity contribution in [3.63, 3.8) is 0 Å². The summed E-state index contributed by atoms with van der Waals surface area (Å²) >= 11 is 0. The molecule has 0 fully saturated rings. The SMILES string of the molecule is CCOc1ccc(OCNC(=O)NCCN(C)C)cc1. The molecule has 0 aliphatic heterocycles. The molecule has 6 nitrogen and oxygen atoms in total. The van der Waals surface area contributed by atoms with E-state index in [1.54, 1.807) is 12.1 Å². The number of hydrogen-bond acceptors (Lipinski definition) is 4. The van der Waals surface area contributed by atoms with Crippen LogP contribution in [0.15, 0.2) is 24.3 Å². The van der Waals surface area contributed by atoms with E-state index < -0.39 is 0 Å². The minimum atomic E-state index is -0.238. The van der Waals surface area contributed by atoms with E-state index in [9.17, 15) is 4.79 Å². The molecule has 0 saturated carbocycles. The molecule has 0 aliphatic rings. The minimum absolute atomic E-state index is 0.127. The monoisotopic (exact) mass is 281 g/mol. The maximum absolute atomic E-state index is 11.4. The van der Waals surface area contributed by atoms with Crippen LogP contribution in [-0.4, -0.2) is 51.5 Å². The lowest BCUT2D eigenvalue weighted by atomic mass is 10.3. The fourth-order valence-electron chi connectivity index (χ4n) is 1.44. The summed E-state index contributed by atoms with van der Waals surface area (Å²) in [4.78, 5) is 13.4. The zero-order valence-electron chi connectivity index (χ0n) is 12.3. The zero-order valence-corrected chi connectivity index (χ0v) is 12.3. The van der Waals surface area contributed by atoms with Crippen molar-refractivity contribution in [2.75, 3.05) is 40.5 Å². The molecule has 0 atom stereocenters. The first-order chi connectivity index (χ1) is 9.61. The van der Waals surface area contributed by atoms with E-state index in [0.29, 0.717) is 18.9 Å². The normalized spacial score (nSPS) is 10.2. The fraction of sp³-hybridized carbons (Fsp3) is 0.500. The highest BCUT2D eigenvalue weighted by atomic mass is 16.5. The molecule has 6 heteroatoms. The molecular formula is C14H23N3O3. The van der Waals surface area contributed by atoms with Crippen molar-refractivity contribution in [3.05, 3.63) is 24.3 Å². The van der Waals surface area contributed by atoms with Crippen LogP contribution >= 0.6 is 0 Å². The van der Waals surface area contributed by atoms with Crippen molar-refractivity contribution in [3.8, 4) is 11.5 Å². The van der Waals surface area contributed by atoms with Gasteiger partial charge in [0, 0.05) is 13.1 Å². The number of hydrogen-bond donors (Lipinski definition) is 2. The van der Waals surface area contributed by atoms with Gasteiger partial charge in [0.05, 0.1) is 6.61 Å². The summed E-state index contributed by atoms with van der Waals surface area (Å²) in [5.74, 6) is 1.48. The predicted octanol–water partition coefficient (Wildman–Crippen LogP) is 1.28. The molecule has 0 heterocycles. The summed E-state index contributed by atoms with van der Waals surface area (Å²) < 4.78 is 10.7. The van der Waals surface area contributed by atoms with Crippen LogP contribution in [0, 0.1) is 0 Å². The molecule has 1 rings (SSSR count). The van der Waals surface area contributed by atoms with Gasteiger partial charge in [0.1, 0.15) is 11.5 Å². The van der Waals surface area contributed by atoms with Crippen LogP contribution in [0.3, 0.4) is 0 Å². The second kappa shape index (κ2) is 9.03. The van der Waals surface area contributed by atoms with E-state index in [1.807, 2.05) is 38.1 Å². The van der Waals surface area contributed by atoms with Crippen molar-refractivity contribution in [2.45, 2.75) is 6.92 Å². The van der Waals surface area contributed by atoms with Gasteiger partial charge in [0.15, 0.2) is 6.73 Å². The van der Waals surface area contributed by atoms with E-state index >= 15 is 0 Å². The van der Waals surface area contributed by atoms with E-state index in [0.717, 1.165) is 12.3 Å².